The van der Waals surface area contributed by atoms with Crippen molar-refractivity contribution in [2.45, 2.75) is 19.2 Å². The normalized spacial score (nSPS) is 10.7. The van der Waals surface area contributed by atoms with Crippen LogP contribution < -0.4 is 0 Å². The highest BCUT2D eigenvalue weighted by Crippen LogP contribution is 2.26. The Hall–Kier alpha value is -1.23. The predicted octanol–water partition coefficient (Wildman–Crippen LogP) is 2.76. The van der Waals surface area contributed by atoms with E-state index in [0.29, 0.717) is 5.56 Å². The van der Waals surface area contributed by atoms with Crippen LogP contribution in [-0.2, 0) is 5.88 Å². The van der Waals surface area contributed by atoms with Crippen LogP contribution in [0.3, 0.4) is 0 Å². The average Bonchev–Trinajstić information content (AvgIpc) is 2.16. The average molecular weight is 236 g/mol. The number of aryl methyl sites for hydroxylation is 1. The molecular weight excluding hydrogens is 228 g/mol. The number of nitrogens with zero attached hydrogens (tertiary/aromatic N) is 1. The van der Waals surface area contributed by atoms with Crippen LogP contribution in [0.2, 0.25) is 0 Å². The molecule has 0 unspecified atom stereocenters. The highest BCUT2D eigenvalue weighted by molar-refractivity contribution is 6.17. The molecule has 0 atom stereocenters. The fraction of sp³-hybridized carbons (Fsp3) is 0.333. The van der Waals surface area contributed by atoms with Crippen LogP contribution in [0.15, 0.2) is 6.20 Å². The van der Waals surface area contributed by atoms with Gasteiger partial charge >= 0.3 is 5.97 Å². The second-order valence-corrected chi connectivity index (χ2v) is 3.19. The fourth-order valence-electron chi connectivity index (χ4n) is 1.24. The van der Waals surface area contributed by atoms with Crippen molar-refractivity contribution in [3.63, 3.8) is 0 Å². The van der Waals surface area contributed by atoms with E-state index in [0.717, 1.165) is 0 Å². The van der Waals surface area contributed by atoms with Crippen molar-refractivity contribution in [1.82, 2.24) is 4.98 Å². The number of aromatic carboxylic acids is 1. The van der Waals surface area contributed by atoms with Gasteiger partial charge in [0.1, 0.15) is 5.69 Å². The zero-order valence-electron chi connectivity index (χ0n) is 7.80. The van der Waals surface area contributed by atoms with Crippen LogP contribution >= 0.6 is 11.6 Å². The molecule has 0 aromatic carbocycles. The number of carboxylic acids is 1. The molecule has 0 radical (unpaired) electrons. The van der Waals surface area contributed by atoms with E-state index in [2.05, 4.69) is 4.98 Å². The molecule has 1 rings (SSSR count). The molecule has 15 heavy (non-hydrogen) atoms. The summed E-state index contributed by atoms with van der Waals surface area (Å²) in [5.41, 5.74) is -0.537. The summed E-state index contributed by atoms with van der Waals surface area (Å²) in [7, 11) is 0. The maximum absolute atomic E-state index is 12.5. The maximum atomic E-state index is 12.5. The number of hydrogen-bond acceptors (Lipinski definition) is 2. The Bertz CT molecular complexity index is 396. The molecule has 1 aromatic heterocycles. The summed E-state index contributed by atoms with van der Waals surface area (Å²) in [5, 5.41) is 8.82. The topological polar surface area (TPSA) is 50.2 Å². The van der Waals surface area contributed by atoms with Gasteiger partial charge < -0.3 is 5.11 Å². The first-order valence-corrected chi connectivity index (χ1v) is 4.58. The third-order valence-corrected chi connectivity index (χ3v) is 2.25. The Morgan fingerprint density at radius 1 is 1.67 bits per heavy atom. The minimum absolute atomic E-state index is 0.129. The van der Waals surface area contributed by atoms with Gasteiger partial charge in [-0.1, -0.05) is 0 Å². The number of rotatable bonds is 3. The molecule has 0 spiro atoms. The van der Waals surface area contributed by atoms with Crippen LogP contribution in [0, 0.1) is 6.92 Å². The molecule has 82 valence electrons. The third kappa shape index (κ3) is 2.23. The first-order valence-electron chi connectivity index (χ1n) is 4.04. The van der Waals surface area contributed by atoms with Gasteiger partial charge in [0.2, 0.25) is 0 Å². The largest absolute Gasteiger partial charge is 0.478 e. The number of halogens is 3. The minimum atomic E-state index is -2.92. The minimum Gasteiger partial charge on any atom is -0.478 e. The molecule has 3 nitrogen and oxygen atoms in total. The van der Waals surface area contributed by atoms with Gasteiger partial charge in [-0.15, -0.1) is 11.6 Å². The smallest absolute Gasteiger partial charge is 0.338 e. The van der Waals surface area contributed by atoms with E-state index < -0.39 is 23.7 Å². The molecule has 0 saturated carbocycles. The molecule has 1 heterocycles. The van der Waals surface area contributed by atoms with Gasteiger partial charge in [0, 0.05) is 12.1 Å². The number of carbonyl (C=O) groups is 1. The summed E-state index contributed by atoms with van der Waals surface area (Å²) in [6, 6.07) is 0. The fourth-order valence-corrected chi connectivity index (χ4v) is 1.58. The standard InChI is InChI=1S/C9H8ClF2NO2/c1-4-3-13-7(8(11)12)6(9(14)15)5(4)2-10/h3,8H,2H2,1H3,(H,14,15). The van der Waals surface area contributed by atoms with Gasteiger partial charge in [0.25, 0.3) is 6.43 Å². The number of hydrogen-bond donors (Lipinski definition) is 1. The summed E-state index contributed by atoms with van der Waals surface area (Å²) in [5.74, 6) is -1.56. The first-order chi connectivity index (χ1) is 6.99. The van der Waals surface area contributed by atoms with Crippen LogP contribution in [0.4, 0.5) is 8.78 Å². The van der Waals surface area contributed by atoms with Crippen LogP contribution in [0.1, 0.15) is 33.6 Å². The van der Waals surface area contributed by atoms with Gasteiger partial charge in [-0.3, -0.25) is 4.98 Å². The molecule has 6 heteroatoms. The summed E-state index contributed by atoms with van der Waals surface area (Å²) >= 11 is 5.52. The lowest BCUT2D eigenvalue weighted by Crippen LogP contribution is -2.10. The Kier molecular flexibility index (Phi) is 3.57. The van der Waals surface area contributed by atoms with Crippen molar-refractivity contribution >= 4 is 17.6 Å². The molecule has 1 aromatic rings. The van der Waals surface area contributed by atoms with E-state index in [9.17, 15) is 13.6 Å². The molecule has 0 aliphatic rings. The molecule has 0 amide bonds. The van der Waals surface area contributed by atoms with Gasteiger partial charge in [0.05, 0.1) is 5.56 Å². The van der Waals surface area contributed by atoms with E-state index in [1.807, 2.05) is 0 Å². The maximum Gasteiger partial charge on any atom is 0.338 e. The highest BCUT2D eigenvalue weighted by atomic mass is 35.5. The summed E-state index contributed by atoms with van der Waals surface area (Å²) in [6.45, 7) is 1.58. The Balaban J connectivity index is 3.49. The number of alkyl halides is 3. The number of carboxylic acid groups (broad SMARTS) is 1. The molecule has 0 aliphatic heterocycles. The Morgan fingerprint density at radius 3 is 2.67 bits per heavy atom. The monoisotopic (exact) mass is 235 g/mol. The molecule has 0 saturated heterocycles. The molecule has 1 N–H and O–H groups in total. The van der Waals surface area contributed by atoms with Crippen molar-refractivity contribution in [3.05, 3.63) is 28.6 Å². The van der Waals surface area contributed by atoms with Crippen molar-refractivity contribution in [2.75, 3.05) is 0 Å². The van der Waals surface area contributed by atoms with E-state index >= 15 is 0 Å². The molecular formula is C9H8ClF2NO2. The van der Waals surface area contributed by atoms with Gasteiger partial charge in [-0.2, -0.15) is 0 Å². The number of aromatic nitrogens is 1. The SMILES string of the molecule is Cc1cnc(C(F)F)c(C(=O)O)c1CCl. The van der Waals surface area contributed by atoms with E-state index in [1.165, 1.54) is 6.20 Å². The second kappa shape index (κ2) is 4.53. The number of pyridine rings is 1. The Labute approximate surface area is 89.7 Å². The van der Waals surface area contributed by atoms with Crippen molar-refractivity contribution in [2.24, 2.45) is 0 Å². The van der Waals surface area contributed by atoms with Crippen LogP contribution in [0.25, 0.3) is 0 Å². The van der Waals surface area contributed by atoms with Gasteiger partial charge in [-0.25, -0.2) is 13.6 Å². The summed E-state index contributed by atoms with van der Waals surface area (Å²) in [6.07, 6.45) is -1.72. The van der Waals surface area contributed by atoms with E-state index in [4.69, 9.17) is 16.7 Å². The predicted molar refractivity (Wildman–Crippen MR) is 50.4 cm³/mol. The Morgan fingerprint density at radius 2 is 2.27 bits per heavy atom. The lowest BCUT2D eigenvalue weighted by molar-refractivity contribution is 0.0681. The van der Waals surface area contributed by atoms with Crippen molar-refractivity contribution in [1.29, 1.82) is 0 Å². The second-order valence-electron chi connectivity index (χ2n) is 2.92. The quantitative estimate of drug-likeness (QED) is 0.820. The molecule has 0 fully saturated rings. The van der Waals surface area contributed by atoms with E-state index in [1.54, 1.807) is 6.92 Å². The van der Waals surface area contributed by atoms with Crippen molar-refractivity contribution in [3.8, 4) is 0 Å². The van der Waals surface area contributed by atoms with Gasteiger partial charge in [-0.05, 0) is 18.1 Å². The van der Waals surface area contributed by atoms with Crippen LogP contribution in [0.5, 0.6) is 0 Å². The first kappa shape index (κ1) is 11.8. The summed E-state index contributed by atoms with van der Waals surface area (Å²) in [4.78, 5) is 14.2. The van der Waals surface area contributed by atoms with E-state index in [-0.39, 0.29) is 11.4 Å². The highest BCUT2D eigenvalue weighted by Gasteiger charge is 2.23. The summed E-state index contributed by atoms with van der Waals surface area (Å²) < 4.78 is 24.9. The molecule has 0 bridgehead atoms. The van der Waals surface area contributed by atoms with Crippen molar-refractivity contribution < 1.29 is 18.7 Å². The lowest BCUT2D eigenvalue weighted by Gasteiger charge is -2.10. The zero-order chi connectivity index (χ0) is 11.6. The zero-order valence-corrected chi connectivity index (χ0v) is 8.55. The lowest BCUT2D eigenvalue weighted by atomic mass is 10.0. The van der Waals surface area contributed by atoms with Crippen LogP contribution in [-0.4, -0.2) is 16.1 Å². The van der Waals surface area contributed by atoms with Gasteiger partial charge in [0.15, 0.2) is 0 Å². The third-order valence-electron chi connectivity index (χ3n) is 1.99. The molecule has 0 aliphatic carbocycles.